The molecule has 0 bridgehead atoms. The molecule has 7 heteroatoms. The summed E-state index contributed by atoms with van der Waals surface area (Å²) in [5.41, 5.74) is 2.80. The highest BCUT2D eigenvalue weighted by Gasteiger charge is 2.65. The van der Waals surface area contributed by atoms with Gasteiger partial charge in [0, 0.05) is 12.1 Å². The summed E-state index contributed by atoms with van der Waals surface area (Å²) < 4.78 is 43.3. The fourth-order valence-corrected chi connectivity index (χ4v) is 1.42. The first-order valence-corrected chi connectivity index (χ1v) is 4.94. The van der Waals surface area contributed by atoms with Gasteiger partial charge < -0.3 is 10.5 Å². The monoisotopic (exact) mass is 245 g/mol. The molecule has 4 nitrogen and oxygen atoms in total. The van der Waals surface area contributed by atoms with Crippen molar-refractivity contribution >= 4 is 0 Å². The van der Waals surface area contributed by atoms with Crippen LogP contribution in [0.15, 0.2) is 34.5 Å². The molecule has 0 fully saturated rings. The molecule has 1 aromatic carbocycles. The second-order valence-electron chi connectivity index (χ2n) is 3.53. The van der Waals surface area contributed by atoms with Gasteiger partial charge in [0.05, 0.1) is 0 Å². The third-order valence-electron chi connectivity index (χ3n) is 2.32. The topological polar surface area (TPSA) is 60.0 Å². The van der Waals surface area contributed by atoms with Crippen molar-refractivity contribution in [2.75, 3.05) is 13.2 Å². The predicted octanol–water partition coefficient (Wildman–Crippen LogP) is 2.21. The van der Waals surface area contributed by atoms with Gasteiger partial charge in [0.2, 0.25) is 0 Å². The normalized spacial score (nSPS) is 16.9. The standard InChI is InChI=1S/C10H10F3N3O/c11-10(12,13)9(15-16-9)7-2-1-3-8(6-7)17-5-4-14/h1-3,6H,4-5,14H2. The number of nitrogens with two attached hydrogens (primary N) is 1. The van der Waals surface area contributed by atoms with E-state index in [-0.39, 0.29) is 12.2 Å². The summed E-state index contributed by atoms with van der Waals surface area (Å²) in [5.74, 6) is 0.328. The van der Waals surface area contributed by atoms with Gasteiger partial charge in [-0.1, -0.05) is 12.1 Å². The lowest BCUT2D eigenvalue weighted by Crippen LogP contribution is -2.30. The number of rotatable bonds is 4. The van der Waals surface area contributed by atoms with Gasteiger partial charge in [0.15, 0.2) is 0 Å². The van der Waals surface area contributed by atoms with E-state index in [0.717, 1.165) is 0 Å². The highest BCUT2D eigenvalue weighted by molar-refractivity contribution is 5.36. The van der Waals surface area contributed by atoms with Crippen molar-refractivity contribution in [1.82, 2.24) is 0 Å². The molecular formula is C10H10F3N3O. The summed E-state index contributed by atoms with van der Waals surface area (Å²) in [6.45, 7) is 0.542. The zero-order valence-corrected chi connectivity index (χ0v) is 8.74. The lowest BCUT2D eigenvalue weighted by atomic mass is 10.0. The molecule has 0 saturated carbocycles. The lowest BCUT2D eigenvalue weighted by molar-refractivity contribution is -0.166. The summed E-state index contributed by atoms with van der Waals surface area (Å²) in [5, 5.41) is 6.23. The van der Waals surface area contributed by atoms with Crippen LogP contribution in [-0.2, 0) is 5.66 Å². The number of hydrogen-bond acceptors (Lipinski definition) is 4. The van der Waals surface area contributed by atoms with Crippen molar-refractivity contribution in [2.24, 2.45) is 16.0 Å². The maximum absolute atomic E-state index is 12.7. The van der Waals surface area contributed by atoms with Gasteiger partial charge >= 0.3 is 11.8 Å². The summed E-state index contributed by atoms with van der Waals surface area (Å²) >= 11 is 0. The molecule has 1 aromatic rings. The number of benzene rings is 1. The van der Waals surface area contributed by atoms with Crippen LogP contribution in [0.5, 0.6) is 5.75 Å². The Hall–Kier alpha value is -1.63. The SMILES string of the molecule is NCCOc1cccc(C2(C(F)(F)F)N=N2)c1. The average molecular weight is 245 g/mol. The Kier molecular flexibility index (Phi) is 2.78. The van der Waals surface area contributed by atoms with Gasteiger partial charge in [-0.2, -0.15) is 13.2 Å². The number of hydrogen-bond donors (Lipinski definition) is 1. The van der Waals surface area contributed by atoms with E-state index in [1.54, 1.807) is 6.07 Å². The molecule has 1 aliphatic heterocycles. The number of halogens is 3. The van der Waals surface area contributed by atoms with Gasteiger partial charge in [-0.05, 0) is 12.1 Å². The van der Waals surface area contributed by atoms with Gasteiger partial charge in [0.25, 0.3) is 0 Å². The van der Waals surface area contributed by atoms with Crippen molar-refractivity contribution in [1.29, 1.82) is 0 Å². The van der Waals surface area contributed by atoms with E-state index < -0.39 is 11.8 Å². The van der Waals surface area contributed by atoms with E-state index in [2.05, 4.69) is 10.2 Å². The Labute approximate surface area is 95.3 Å². The zero-order chi connectivity index (χ0) is 12.5. The highest BCUT2D eigenvalue weighted by Crippen LogP contribution is 2.52. The summed E-state index contributed by atoms with van der Waals surface area (Å²) in [4.78, 5) is 0. The molecule has 0 saturated heterocycles. The molecule has 0 unspecified atom stereocenters. The summed E-state index contributed by atoms with van der Waals surface area (Å²) in [6, 6.07) is 5.63. The second kappa shape index (κ2) is 3.99. The maximum atomic E-state index is 12.7. The van der Waals surface area contributed by atoms with Gasteiger partial charge in [-0.15, -0.1) is 10.2 Å². The quantitative estimate of drug-likeness (QED) is 0.883. The smallest absolute Gasteiger partial charge is 0.442 e. The van der Waals surface area contributed by atoms with Crippen LogP contribution in [0.25, 0.3) is 0 Å². The average Bonchev–Trinajstić information content (AvgIpc) is 3.07. The van der Waals surface area contributed by atoms with Crippen LogP contribution in [0, 0.1) is 0 Å². The van der Waals surface area contributed by atoms with Crippen molar-refractivity contribution in [3.63, 3.8) is 0 Å². The third kappa shape index (κ3) is 2.10. The largest absolute Gasteiger partial charge is 0.492 e. The third-order valence-corrected chi connectivity index (χ3v) is 2.32. The van der Waals surface area contributed by atoms with Crippen LogP contribution in [0.1, 0.15) is 5.56 Å². The second-order valence-corrected chi connectivity index (χ2v) is 3.53. The molecule has 0 spiro atoms. The van der Waals surface area contributed by atoms with Crippen LogP contribution >= 0.6 is 0 Å². The molecule has 17 heavy (non-hydrogen) atoms. The fourth-order valence-electron chi connectivity index (χ4n) is 1.42. The van der Waals surface area contributed by atoms with Gasteiger partial charge in [-0.3, -0.25) is 0 Å². The summed E-state index contributed by atoms with van der Waals surface area (Å²) in [6.07, 6.45) is -4.51. The molecular weight excluding hydrogens is 235 g/mol. The van der Waals surface area contributed by atoms with Crippen LogP contribution in [0.3, 0.4) is 0 Å². The zero-order valence-electron chi connectivity index (χ0n) is 8.74. The molecule has 2 rings (SSSR count). The molecule has 92 valence electrons. The van der Waals surface area contributed by atoms with E-state index in [4.69, 9.17) is 10.5 Å². The maximum Gasteiger partial charge on any atom is 0.442 e. The minimum Gasteiger partial charge on any atom is -0.492 e. The molecule has 2 N–H and O–H groups in total. The lowest BCUT2D eigenvalue weighted by Gasteiger charge is -2.15. The minimum atomic E-state index is -4.51. The first kappa shape index (κ1) is 11.8. The molecule has 0 radical (unpaired) electrons. The van der Waals surface area contributed by atoms with Crippen molar-refractivity contribution in [3.8, 4) is 5.75 Å². The fraction of sp³-hybridized carbons (Fsp3) is 0.400. The predicted molar refractivity (Wildman–Crippen MR) is 53.6 cm³/mol. The van der Waals surface area contributed by atoms with Crippen LogP contribution in [0.4, 0.5) is 13.2 Å². The van der Waals surface area contributed by atoms with Crippen LogP contribution in [-0.4, -0.2) is 19.3 Å². The highest BCUT2D eigenvalue weighted by atomic mass is 19.4. The van der Waals surface area contributed by atoms with Gasteiger partial charge in [-0.25, -0.2) is 0 Å². The molecule has 1 aliphatic rings. The van der Waals surface area contributed by atoms with Crippen molar-refractivity contribution < 1.29 is 17.9 Å². The Morgan fingerprint density at radius 3 is 2.53 bits per heavy atom. The molecule has 0 aromatic heterocycles. The Balaban J connectivity index is 2.22. The Morgan fingerprint density at radius 1 is 1.29 bits per heavy atom. The van der Waals surface area contributed by atoms with E-state index in [0.29, 0.717) is 12.3 Å². The molecule has 1 heterocycles. The Bertz CT molecular complexity index is 439. The number of ether oxygens (including phenoxy) is 1. The van der Waals surface area contributed by atoms with Crippen LogP contribution in [0.2, 0.25) is 0 Å². The Morgan fingerprint density at radius 2 is 2.00 bits per heavy atom. The number of alkyl halides is 3. The first-order chi connectivity index (χ1) is 7.99. The molecule has 0 amide bonds. The van der Waals surface area contributed by atoms with E-state index in [9.17, 15) is 13.2 Å². The van der Waals surface area contributed by atoms with E-state index in [1.807, 2.05) is 0 Å². The van der Waals surface area contributed by atoms with Crippen molar-refractivity contribution in [2.45, 2.75) is 11.8 Å². The van der Waals surface area contributed by atoms with Crippen molar-refractivity contribution in [3.05, 3.63) is 29.8 Å². The summed E-state index contributed by atoms with van der Waals surface area (Å²) in [7, 11) is 0. The minimum absolute atomic E-state index is 0.0421. The molecule has 0 atom stereocenters. The first-order valence-electron chi connectivity index (χ1n) is 4.94. The van der Waals surface area contributed by atoms with Crippen LogP contribution < -0.4 is 10.5 Å². The van der Waals surface area contributed by atoms with E-state index in [1.165, 1.54) is 18.2 Å². The van der Waals surface area contributed by atoms with Gasteiger partial charge in [0.1, 0.15) is 12.4 Å². The van der Waals surface area contributed by atoms with E-state index >= 15 is 0 Å². The molecule has 0 aliphatic carbocycles. The number of nitrogens with zero attached hydrogens (tertiary/aromatic N) is 2.